The van der Waals surface area contributed by atoms with E-state index in [0.29, 0.717) is 13.1 Å². The molecule has 2 heterocycles. The summed E-state index contributed by atoms with van der Waals surface area (Å²) in [6.45, 7) is 6.00. The van der Waals surface area contributed by atoms with Gasteiger partial charge in [0.15, 0.2) is 6.67 Å². The van der Waals surface area contributed by atoms with Gasteiger partial charge in [-0.1, -0.05) is 55.5 Å². The number of carbonyl (C=O) groups is 2. The molecule has 0 spiro atoms. The lowest BCUT2D eigenvalue weighted by molar-refractivity contribution is -0.907. The fourth-order valence-corrected chi connectivity index (χ4v) is 4.23. The van der Waals surface area contributed by atoms with E-state index in [2.05, 4.69) is 34.5 Å². The van der Waals surface area contributed by atoms with Crippen LogP contribution in [0.2, 0.25) is 0 Å². The van der Waals surface area contributed by atoms with Gasteiger partial charge in [0.2, 0.25) is 0 Å². The maximum absolute atomic E-state index is 13.2. The molecule has 0 aliphatic carbocycles. The van der Waals surface area contributed by atoms with Crippen LogP contribution >= 0.6 is 0 Å². The number of quaternary nitrogens is 1. The summed E-state index contributed by atoms with van der Waals surface area (Å²) in [5.74, 6) is -0.135. The Morgan fingerprint density at radius 2 is 1.57 bits per heavy atom. The van der Waals surface area contributed by atoms with Crippen LogP contribution in [0.1, 0.15) is 18.9 Å². The molecule has 0 saturated carbocycles. The highest BCUT2D eigenvalue weighted by atomic mass is 16.2. The van der Waals surface area contributed by atoms with Crippen molar-refractivity contribution in [2.24, 2.45) is 0 Å². The van der Waals surface area contributed by atoms with Gasteiger partial charge >= 0.3 is 6.03 Å². The Balaban J connectivity index is 1.43. The summed E-state index contributed by atoms with van der Waals surface area (Å²) in [4.78, 5) is 30.9. The van der Waals surface area contributed by atoms with Crippen molar-refractivity contribution in [2.45, 2.75) is 18.9 Å². The molecule has 2 N–H and O–H groups in total. The minimum Gasteiger partial charge on any atom is -0.360 e. The third-order valence-electron chi connectivity index (χ3n) is 5.95. The summed E-state index contributed by atoms with van der Waals surface area (Å²) in [6, 6.07) is 19.6. The summed E-state index contributed by atoms with van der Waals surface area (Å²) in [6.07, 6.45) is 0.537. The lowest BCUT2D eigenvalue weighted by Crippen LogP contribution is -3.16. The predicted molar refractivity (Wildman–Crippen MR) is 108 cm³/mol. The molecule has 28 heavy (non-hydrogen) atoms. The molecule has 0 aromatic heterocycles. The lowest BCUT2D eigenvalue weighted by Gasteiger charge is -2.34. The Morgan fingerprint density at radius 3 is 2.18 bits per heavy atom. The number of hydrogen-bond acceptors (Lipinski definition) is 3. The van der Waals surface area contributed by atoms with Crippen molar-refractivity contribution in [3.05, 3.63) is 66.2 Å². The SMILES string of the molecule is CC[C@@]1(c2ccccc2)NC(=O)N(C[NH+]2CCN(c3ccccc3)CC2)C1=O. The van der Waals surface area contributed by atoms with Crippen molar-refractivity contribution in [3.8, 4) is 0 Å². The molecule has 2 aliphatic rings. The molecule has 0 bridgehead atoms. The largest absolute Gasteiger partial charge is 0.360 e. The standard InChI is InChI=1S/C22H26N4O2/c1-2-22(18-9-5-3-6-10-18)20(27)26(21(28)23-22)17-24-13-15-25(16-14-24)19-11-7-4-8-12-19/h3-12H,2,13-17H2,1H3,(H,23,28)/p+1/t22-/m0/s1. The zero-order valence-electron chi connectivity index (χ0n) is 16.2. The maximum Gasteiger partial charge on any atom is 0.329 e. The number of benzene rings is 2. The molecule has 2 fully saturated rings. The van der Waals surface area contributed by atoms with Crippen LogP contribution in [0.3, 0.4) is 0 Å². The second kappa shape index (κ2) is 7.64. The number of para-hydroxylation sites is 1. The van der Waals surface area contributed by atoms with Gasteiger partial charge in [0.1, 0.15) is 5.54 Å². The van der Waals surface area contributed by atoms with Gasteiger partial charge < -0.3 is 15.1 Å². The van der Waals surface area contributed by atoms with Gasteiger partial charge in [0.25, 0.3) is 5.91 Å². The number of amides is 3. The Morgan fingerprint density at radius 1 is 0.964 bits per heavy atom. The molecule has 2 aromatic carbocycles. The van der Waals surface area contributed by atoms with E-state index >= 15 is 0 Å². The first-order valence-corrected chi connectivity index (χ1v) is 9.97. The van der Waals surface area contributed by atoms with Gasteiger partial charge in [-0.15, -0.1) is 0 Å². The Kier molecular flexibility index (Phi) is 5.05. The quantitative estimate of drug-likeness (QED) is 0.768. The summed E-state index contributed by atoms with van der Waals surface area (Å²) in [7, 11) is 0. The van der Waals surface area contributed by atoms with Crippen molar-refractivity contribution >= 4 is 17.6 Å². The summed E-state index contributed by atoms with van der Waals surface area (Å²) < 4.78 is 0. The molecule has 2 aliphatic heterocycles. The maximum atomic E-state index is 13.2. The van der Waals surface area contributed by atoms with E-state index in [-0.39, 0.29) is 11.9 Å². The predicted octanol–water partition coefficient (Wildman–Crippen LogP) is 1.21. The van der Waals surface area contributed by atoms with Crippen LogP contribution < -0.4 is 15.1 Å². The van der Waals surface area contributed by atoms with Gasteiger partial charge in [-0.05, 0) is 24.1 Å². The van der Waals surface area contributed by atoms with E-state index < -0.39 is 5.54 Å². The van der Waals surface area contributed by atoms with Crippen LogP contribution in [-0.2, 0) is 10.3 Å². The van der Waals surface area contributed by atoms with E-state index in [4.69, 9.17) is 0 Å². The molecular formula is C22H27N4O2+. The molecule has 3 amide bonds. The van der Waals surface area contributed by atoms with Crippen LogP contribution in [0.4, 0.5) is 10.5 Å². The number of anilines is 1. The number of hydrogen-bond donors (Lipinski definition) is 2. The number of carbonyl (C=O) groups excluding carboxylic acids is 2. The number of imide groups is 1. The molecular weight excluding hydrogens is 352 g/mol. The number of urea groups is 1. The van der Waals surface area contributed by atoms with Crippen LogP contribution in [0.5, 0.6) is 0 Å². The second-order valence-electron chi connectivity index (χ2n) is 7.52. The minimum absolute atomic E-state index is 0.135. The second-order valence-corrected chi connectivity index (χ2v) is 7.52. The first-order valence-electron chi connectivity index (χ1n) is 9.97. The molecule has 0 unspecified atom stereocenters. The Hall–Kier alpha value is -2.86. The monoisotopic (exact) mass is 379 g/mol. The van der Waals surface area contributed by atoms with E-state index in [1.807, 2.05) is 43.3 Å². The van der Waals surface area contributed by atoms with Gasteiger partial charge in [0.05, 0.1) is 26.2 Å². The van der Waals surface area contributed by atoms with Crippen molar-refractivity contribution in [2.75, 3.05) is 37.7 Å². The van der Waals surface area contributed by atoms with Gasteiger partial charge in [0, 0.05) is 5.69 Å². The normalized spacial score (nSPS) is 23.2. The lowest BCUT2D eigenvalue weighted by atomic mass is 9.87. The Labute approximate surface area is 165 Å². The Bertz CT molecular complexity index is 834. The van der Waals surface area contributed by atoms with Crippen LogP contribution in [0, 0.1) is 0 Å². The van der Waals surface area contributed by atoms with Crippen LogP contribution in [0.15, 0.2) is 60.7 Å². The third kappa shape index (κ3) is 3.24. The molecule has 2 saturated heterocycles. The van der Waals surface area contributed by atoms with Crippen molar-refractivity contribution in [1.82, 2.24) is 10.2 Å². The fourth-order valence-electron chi connectivity index (χ4n) is 4.23. The number of piperazine rings is 1. The molecule has 1 atom stereocenters. The number of nitrogens with one attached hydrogen (secondary N) is 2. The first-order chi connectivity index (χ1) is 13.6. The smallest absolute Gasteiger partial charge is 0.329 e. The molecule has 146 valence electrons. The molecule has 6 nitrogen and oxygen atoms in total. The topological polar surface area (TPSA) is 57.1 Å². The average Bonchev–Trinajstić information content (AvgIpc) is 3.00. The summed E-state index contributed by atoms with van der Waals surface area (Å²) in [5.41, 5.74) is 1.14. The fraction of sp³-hybridized carbons (Fsp3) is 0.364. The van der Waals surface area contributed by atoms with Crippen molar-refractivity contribution in [1.29, 1.82) is 0 Å². The van der Waals surface area contributed by atoms with E-state index in [0.717, 1.165) is 31.7 Å². The average molecular weight is 379 g/mol. The van der Waals surface area contributed by atoms with E-state index in [1.54, 1.807) is 0 Å². The molecule has 4 rings (SSSR count). The minimum atomic E-state index is -0.941. The van der Waals surface area contributed by atoms with Gasteiger partial charge in [-0.2, -0.15) is 0 Å². The summed E-state index contributed by atoms with van der Waals surface area (Å²) in [5, 5.41) is 2.97. The van der Waals surface area contributed by atoms with E-state index in [9.17, 15) is 9.59 Å². The van der Waals surface area contributed by atoms with Gasteiger partial charge in [-0.25, -0.2) is 9.69 Å². The number of nitrogens with zero attached hydrogens (tertiary/aromatic N) is 2. The van der Waals surface area contributed by atoms with Crippen molar-refractivity contribution in [3.63, 3.8) is 0 Å². The van der Waals surface area contributed by atoms with E-state index in [1.165, 1.54) is 15.5 Å². The third-order valence-corrected chi connectivity index (χ3v) is 5.95. The number of rotatable bonds is 5. The zero-order valence-corrected chi connectivity index (χ0v) is 16.2. The van der Waals surface area contributed by atoms with Gasteiger partial charge in [-0.3, -0.25) is 4.79 Å². The van der Waals surface area contributed by atoms with Crippen LogP contribution in [-0.4, -0.2) is 49.7 Å². The molecule has 2 aromatic rings. The van der Waals surface area contributed by atoms with Crippen molar-refractivity contribution < 1.29 is 14.5 Å². The highest BCUT2D eigenvalue weighted by molar-refractivity contribution is 6.07. The highest BCUT2D eigenvalue weighted by Crippen LogP contribution is 2.31. The molecule has 0 radical (unpaired) electrons. The summed E-state index contributed by atoms with van der Waals surface area (Å²) >= 11 is 0. The highest BCUT2D eigenvalue weighted by Gasteiger charge is 2.52. The molecule has 6 heteroatoms. The first kappa shape index (κ1) is 18.5. The van der Waals surface area contributed by atoms with Crippen LogP contribution in [0.25, 0.3) is 0 Å². The zero-order chi connectivity index (χ0) is 19.6.